The molecule has 0 spiro atoms. The average molecular weight is 1700 g/mol. The van der Waals surface area contributed by atoms with Crippen molar-refractivity contribution in [3.63, 3.8) is 0 Å². The van der Waals surface area contributed by atoms with Crippen molar-refractivity contribution in [1.82, 2.24) is 0 Å². The lowest BCUT2D eigenvalue weighted by molar-refractivity contribution is -0.215. The molecule has 108 heavy (non-hydrogen) atoms. The molecule has 0 radical (unpaired) electrons. The second kappa shape index (κ2) is 36.6. The summed E-state index contributed by atoms with van der Waals surface area (Å²) in [6.07, 6.45) is -61.7. The van der Waals surface area contributed by atoms with Crippen LogP contribution in [0.1, 0.15) is 77.0 Å². The normalized spacial score (nSPS) is 20.6. The molecule has 0 aromatic carbocycles. The summed E-state index contributed by atoms with van der Waals surface area (Å²) in [4.78, 5) is 293. The molecule has 60 nitrogen and oxygen atoms in total. The second-order valence-electron chi connectivity index (χ2n) is 21.4. The highest BCUT2D eigenvalue weighted by Gasteiger charge is 2.68. The fourth-order valence-corrected chi connectivity index (χ4v) is 16.5. The molecule has 0 aliphatic heterocycles. The van der Waals surface area contributed by atoms with Crippen LogP contribution in [0, 0.1) is 0 Å². The van der Waals surface area contributed by atoms with Crippen LogP contribution in [-0.4, -0.2) is 299 Å². The molecule has 1 aliphatic rings. The van der Waals surface area contributed by atoms with E-state index in [4.69, 9.17) is 0 Å². The molecule has 0 amide bonds. The van der Waals surface area contributed by atoms with Crippen LogP contribution >= 0.6 is 46.9 Å². The minimum atomic E-state index is -8.07. The van der Waals surface area contributed by atoms with Crippen molar-refractivity contribution in [1.29, 1.82) is 0 Å². The first-order valence-corrected chi connectivity index (χ1v) is 35.8. The van der Waals surface area contributed by atoms with Crippen LogP contribution in [-0.2, 0) is 168 Å². The van der Waals surface area contributed by atoms with Gasteiger partial charge < -0.3 is 121 Å². The van der Waals surface area contributed by atoms with Crippen LogP contribution in [0.2, 0.25) is 0 Å². The number of hydrogen-bond donors (Lipinski definition) is 24. The Morgan fingerprint density at radius 2 is 0.259 bits per heavy atom. The van der Waals surface area contributed by atoms with E-state index in [1.807, 2.05) is 0 Å². The zero-order valence-corrected chi connectivity index (χ0v) is 57.4. The predicted octanol–water partition coefficient (Wildman–Crippen LogP) is -4.35. The number of carbonyl (C=O) groups is 18. The topological polar surface area (TPSA) is 1010 Å². The molecule has 24 N–H and O–H groups in total. The van der Waals surface area contributed by atoms with Crippen LogP contribution in [0.15, 0.2) is 0 Å². The molecule has 0 aromatic heterocycles. The van der Waals surface area contributed by atoms with Crippen LogP contribution in [0.5, 0.6) is 0 Å². The van der Waals surface area contributed by atoms with Gasteiger partial charge in [-0.15, -0.1) is 0 Å². The van der Waals surface area contributed by atoms with Crippen LogP contribution < -0.4 is 0 Å². The Morgan fingerprint density at radius 3 is 0.315 bits per heavy atom. The third-order valence-electron chi connectivity index (χ3n) is 12.8. The standard InChI is InChI=1S/C42H54O60P6/c43-13(44)1-37(31(67)68,2-14(45)46)97-103(79,80)91-25-26(92-104(81,82)98-38(32(69)70,3-15(47)48)4-16(49)50)28(94-106(85,86)100-40(34(73)74,7-19(55)56)8-20(57)58)30(96-108(89,90)102-42(36(77)78,11-23(63)64)12-24(65)66)29(95-107(87,88)101-41(35(75)76,9-21(59)60)10-22(61)62)27(25)93-105(83,84)99-39(33(71)72,5-17(51)52)6-18(53)54/h25-30H,1-12H2,(H,43,44)(H,45,46)(H,47,48)(H,49,50)(H,51,52)(H,53,54)(H,55,56)(H,57,58)(H,59,60)(H,61,62)(H,63,64)(H,65,66)(H,67,68)(H,69,70)(H,71,72)(H,73,74)(H,75,76)(H,77,78)(H,79,80)(H,81,82)(H,83,84)(H,85,86)(H,87,88)(H,89,90). The molecule has 1 fully saturated rings. The van der Waals surface area contributed by atoms with Gasteiger partial charge in [0.15, 0.2) is 33.6 Å². The summed E-state index contributed by atoms with van der Waals surface area (Å²) in [6, 6.07) is 0. The molecule has 1 rings (SSSR count). The first-order chi connectivity index (χ1) is 48.5. The van der Waals surface area contributed by atoms with E-state index < -0.39 is 302 Å². The molecule has 1 aliphatic carbocycles. The van der Waals surface area contributed by atoms with E-state index in [1.165, 1.54) is 0 Å². The van der Waals surface area contributed by atoms with Crippen molar-refractivity contribution in [2.75, 3.05) is 0 Å². The van der Waals surface area contributed by atoms with Crippen molar-refractivity contribution >= 4 is 154 Å². The van der Waals surface area contributed by atoms with Gasteiger partial charge in [0.1, 0.15) is 36.6 Å². The summed E-state index contributed by atoms with van der Waals surface area (Å²) in [7, 11) is -48.4. The third kappa shape index (κ3) is 28.6. The van der Waals surface area contributed by atoms with Gasteiger partial charge in [0.05, 0.1) is 77.0 Å². The summed E-state index contributed by atoms with van der Waals surface area (Å²) < 4.78 is 142. The molecule has 0 saturated heterocycles. The predicted molar refractivity (Wildman–Crippen MR) is 304 cm³/mol. The lowest BCUT2D eigenvalue weighted by Gasteiger charge is -2.50. The summed E-state index contributed by atoms with van der Waals surface area (Å²) >= 11 is 0. The number of phosphoric ester groups is 6. The summed E-state index contributed by atoms with van der Waals surface area (Å²) in [5.74, 6) is -52.2. The maximum atomic E-state index is 14.8. The van der Waals surface area contributed by atoms with Crippen LogP contribution in [0.25, 0.3) is 0 Å². The first-order valence-electron chi connectivity index (χ1n) is 26.8. The van der Waals surface area contributed by atoms with E-state index in [0.717, 1.165) is 0 Å². The zero-order valence-electron chi connectivity index (χ0n) is 52.1. The highest BCUT2D eigenvalue weighted by atomic mass is 31.2. The van der Waals surface area contributed by atoms with Gasteiger partial charge in [-0.25, -0.2) is 56.2 Å². The van der Waals surface area contributed by atoms with Crippen molar-refractivity contribution in [3.8, 4) is 0 Å². The maximum Gasteiger partial charge on any atom is 0.473 e. The maximum absolute atomic E-state index is 14.8. The van der Waals surface area contributed by atoms with Gasteiger partial charge in [0, 0.05) is 0 Å². The number of aliphatic carboxylic acids is 18. The number of carboxylic acids is 18. The zero-order chi connectivity index (χ0) is 84.8. The second-order valence-corrected chi connectivity index (χ2v) is 29.4. The van der Waals surface area contributed by atoms with E-state index in [9.17, 15) is 235 Å². The molecular weight excluding hydrogens is 1650 g/mol. The molecule has 0 heterocycles. The van der Waals surface area contributed by atoms with E-state index in [0.29, 0.717) is 0 Å². The Bertz CT molecular complexity index is 3180. The smallest absolute Gasteiger partial charge is 0.473 e. The number of carboxylic acid groups (broad SMARTS) is 18. The SMILES string of the molecule is O=C(O)CC(CC(=O)O)(OP(=O)(O)OC1C(OP(=O)(O)OC(CC(=O)O)(CC(=O)O)C(=O)O)C(OP(=O)(O)OC(CC(=O)O)(CC(=O)O)C(=O)O)C(OP(=O)(O)OC(CC(=O)O)(CC(=O)O)C(=O)O)C(OP(=O)(O)OC(CC(=O)O)(CC(=O)O)C(=O)O)C1OP(=O)(O)OC(CC(=O)O)(CC(=O)O)C(=O)O)C(=O)O. The van der Waals surface area contributed by atoms with Crippen molar-refractivity contribution < 1.29 is 289 Å². The van der Waals surface area contributed by atoms with E-state index in [-0.39, 0.29) is 0 Å². The number of rotatable bonds is 54. The third-order valence-corrected chi connectivity index (χ3v) is 19.3. The Morgan fingerprint density at radius 1 is 0.185 bits per heavy atom. The average Bonchev–Trinajstić information content (AvgIpc) is 0.729. The van der Waals surface area contributed by atoms with Crippen molar-refractivity contribution in [3.05, 3.63) is 0 Å². The fraction of sp³-hybridized carbons (Fsp3) is 0.571. The van der Waals surface area contributed by atoms with Gasteiger partial charge in [-0.2, -0.15) is 0 Å². The molecule has 6 atom stereocenters. The molecule has 6 unspecified atom stereocenters. The van der Waals surface area contributed by atoms with E-state index >= 15 is 0 Å². The van der Waals surface area contributed by atoms with Crippen molar-refractivity contribution in [2.24, 2.45) is 0 Å². The highest BCUT2D eigenvalue weighted by Crippen LogP contribution is 2.65. The largest absolute Gasteiger partial charge is 0.481 e. The lowest BCUT2D eigenvalue weighted by Crippen LogP contribution is -2.67. The monoisotopic (exact) mass is 1700 g/mol. The number of hydrogen-bond acceptors (Lipinski definition) is 36. The Kier molecular flexibility index (Phi) is 32.9. The quantitative estimate of drug-likeness (QED) is 0.0256. The minimum Gasteiger partial charge on any atom is -0.481 e. The summed E-state index contributed by atoms with van der Waals surface area (Å²) in [6.45, 7) is 0. The fourth-order valence-electron chi connectivity index (χ4n) is 9.05. The lowest BCUT2D eigenvalue weighted by atomic mass is 9.85. The summed E-state index contributed by atoms with van der Waals surface area (Å²) in [5, 5.41) is 177. The molecule has 0 aromatic rings. The summed E-state index contributed by atoms with van der Waals surface area (Å²) in [5.41, 5.74) is -27.9. The molecule has 0 bridgehead atoms. The van der Waals surface area contributed by atoms with E-state index in [2.05, 4.69) is 54.3 Å². The van der Waals surface area contributed by atoms with Crippen LogP contribution in [0.4, 0.5) is 0 Å². The van der Waals surface area contributed by atoms with Crippen LogP contribution in [0.3, 0.4) is 0 Å². The van der Waals surface area contributed by atoms with Crippen molar-refractivity contribution in [2.45, 2.75) is 147 Å². The molecule has 66 heteroatoms. The van der Waals surface area contributed by atoms with E-state index in [1.54, 1.807) is 0 Å². The van der Waals surface area contributed by atoms with Gasteiger partial charge in [-0.3, -0.25) is 112 Å². The molecule has 612 valence electrons. The first kappa shape index (κ1) is 97.1. The van der Waals surface area contributed by atoms with Gasteiger partial charge in [-0.1, -0.05) is 0 Å². The van der Waals surface area contributed by atoms with Gasteiger partial charge in [0.2, 0.25) is 0 Å². The Balaban J connectivity index is 6.12. The number of phosphoric acid groups is 6. The van der Waals surface area contributed by atoms with Gasteiger partial charge in [-0.05, 0) is 0 Å². The molecule has 1 saturated carbocycles. The molecular formula is C42H54O60P6. The highest BCUT2D eigenvalue weighted by molar-refractivity contribution is 7.49. The van der Waals surface area contributed by atoms with Gasteiger partial charge in [0.25, 0.3) is 0 Å². The Labute approximate surface area is 589 Å². The Hall–Kier alpha value is -8.88. The van der Waals surface area contributed by atoms with Gasteiger partial charge >= 0.3 is 154 Å². The minimum absolute atomic E-state index is 2.63.